The molecular formula is C67H71BN2. The molecule has 6 aliphatic rings. The van der Waals surface area contributed by atoms with Gasteiger partial charge in [-0.05, 0) is 134 Å². The van der Waals surface area contributed by atoms with E-state index in [4.69, 9.17) is 0 Å². The Hall–Kier alpha value is -5.80. The fourth-order valence-corrected chi connectivity index (χ4v) is 14.8. The molecule has 352 valence electrons. The lowest BCUT2D eigenvalue weighted by Crippen LogP contribution is -2.61. The van der Waals surface area contributed by atoms with Gasteiger partial charge in [0, 0.05) is 51.3 Å². The van der Waals surface area contributed by atoms with Gasteiger partial charge < -0.3 is 9.47 Å². The van der Waals surface area contributed by atoms with Crippen LogP contribution in [0.25, 0.3) is 33.4 Å². The Labute approximate surface area is 419 Å². The molecule has 1 saturated carbocycles. The molecule has 0 radical (unpaired) electrons. The van der Waals surface area contributed by atoms with E-state index < -0.39 is 0 Å². The summed E-state index contributed by atoms with van der Waals surface area (Å²) in [7, 11) is 0. The van der Waals surface area contributed by atoms with Crippen LogP contribution in [0.4, 0.5) is 11.4 Å². The van der Waals surface area contributed by atoms with E-state index in [1.54, 1.807) is 16.7 Å². The number of para-hydroxylation sites is 1. The third kappa shape index (κ3) is 6.18. The first-order valence-electron chi connectivity index (χ1n) is 26.9. The molecule has 4 heterocycles. The van der Waals surface area contributed by atoms with Crippen molar-refractivity contribution < 1.29 is 0 Å². The molecule has 6 aromatic carbocycles. The van der Waals surface area contributed by atoms with Crippen molar-refractivity contribution in [1.29, 1.82) is 0 Å². The molecule has 2 nitrogen and oxygen atoms in total. The van der Waals surface area contributed by atoms with Gasteiger partial charge in [-0.1, -0.05) is 208 Å². The minimum absolute atomic E-state index is 0.0111. The zero-order chi connectivity index (χ0) is 48.4. The maximum atomic E-state index is 2.89. The minimum Gasteiger partial charge on any atom is -0.334 e. The Kier molecular flexibility index (Phi) is 9.39. The van der Waals surface area contributed by atoms with Crippen LogP contribution in [-0.4, -0.2) is 16.8 Å². The highest BCUT2D eigenvalue weighted by atomic mass is 15.3. The van der Waals surface area contributed by atoms with Crippen molar-refractivity contribution in [2.24, 2.45) is 5.41 Å². The quantitative estimate of drug-likeness (QED) is 0.160. The van der Waals surface area contributed by atoms with Crippen LogP contribution in [0.3, 0.4) is 0 Å². The van der Waals surface area contributed by atoms with Crippen LogP contribution in [0.2, 0.25) is 0 Å². The molecule has 0 amide bonds. The van der Waals surface area contributed by atoms with Crippen molar-refractivity contribution in [2.75, 3.05) is 4.90 Å². The Morgan fingerprint density at radius 1 is 0.643 bits per heavy atom. The molecule has 3 unspecified atom stereocenters. The van der Waals surface area contributed by atoms with Crippen LogP contribution in [0.1, 0.15) is 172 Å². The fraction of sp³-hybridized carbons (Fsp3) is 0.373. The van der Waals surface area contributed by atoms with E-state index in [1.165, 1.54) is 126 Å². The number of rotatable bonds is 4. The van der Waals surface area contributed by atoms with Gasteiger partial charge in [0.25, 0.3) is 0 Å². The van der Waals surface area contributed by atoms with Gasteiger partial charge in [0.05, 0.1) is 11.2 Å². The molecule has 3 aliphatic heterocycles. The first-order valence-corrected chi connectivity index (χ1v) is 26.9. The van der Waals surface area contributed by atoms with E-state index in [1.807, 2.05) is 0 Å². The monoisotopic (exact) mass is 915 g/mol. The SMILES string of the molecule is CC(C)(C)C1=CC(c2ccccc2)=C(CC2c3cc(C(C)(C)C)ccc3B3c4c2cc(N2c5ccc(C(C)(C)C)cc5C5(C)CCCCC25C)cc4-n2c4c(c5cccc3c52)Cc2ccccc2-4)CC1. The van der Waals surface area contributed by atoms with Gasteiger partial charge in [-0.25, -0.2) is 0 Å². The maximum Gasteiger partial charge on any atom is 0.247 e. The first-order chi connectivity index (χ1) is 33.3. The highest BCUT2D eigenvalue weighted by Gasteiger charge is 2.58. The Bertz CT molecular complexity index is 3430. The van der Waals surface area contributed by atoms with Gasteiger partial charge >= 0.3 is 0 Å². The van der Waals surface area contributed by atoms with Gasteiger partial charge in [-0.15, -0.1) is 0 Å². The smallest absolute Gasteiger partial charge is 0.247 e. The summed E-state index contributed by atoms with van der Waals surface area (Å²) in [5.41, 5.74) is 29.4. The largest absolute Gasteiger partial charge is 0.334 e. The summed E-state index contributed by atoms with van der Waals surface area (Å²) in [5, 5.41) is 1.42. The van der Waals surface area contributed by atoms with E-state index in [9.17, 15) is 0 Å². The van der Waals surface area contributed by atoms with Crippen LogP contribution in [0.5, 0.6) is 0 Å². The molecule has 1 fully saturated rings. The minimum atomic E-state index is -0.0837. The lowest BCUT2D eigenvalue weighted by atomic mass is 9.31. The highest BCUT2D eigenvalue weighted by Crippen LogP contribution is 2.62. The summed E-state index contributed by atoms with van der Waals surface area (Å²) in [5.74, 6) is 0.174. The fourth-order valence-electron chi connectivity index (χ4n) is 14.8. The second-order valence-corrected chi connectivity index (χ2v) is 25.9. The maximum absolute atomic E-state index is 2.89. The Morgan fingerprint density at radius 2 is 1.37 bits per heavy atom. The van der Waals surface area contributed by atoms with Gasteiger partial charge in [0.1, 0.15) is 0 Å². The van der Waals surface area contributed by atoms with Crippen molar-refractivity contribution in [3.05, 3.63) is 183 Å². The molecular weight excluding hydrogens is 844 g/mol. The molecule has 0 N–H and O–H groups in total. The molecule has 3 heteroatoms. The van der Waals surface area contributed by atoms with Gasteiger partial charge in [0.2, 0.25) is 6.71 Å². The van der Waals surface area contributed by atoms with Crippen LogP contribution < -0.4 is 21.3 Å². The highest BCUT2D eigenvalue weighted by molar-refractivity contribution is 6.99. The molecule has 3 atom stereocenters. The number of anilines is 2. The zero-order valence-corrected chi connectivity index (χ0v) is 43.8. The van der Waals surface area contributed by atoms with Crippen LogP contribution in [0, 0.1) is 5.41 Å². The van der Waals surface area contributed by atoms with Crippen molar-refractivity contribution in [3.8, 4) is 16.9 Å². The molecule has 0 bridgehead atoms. The molecule has 1 aromatic heterocycles. The van der Waals surface area contributed by atoms with Crippen molar-refractivity contribution >= 4 is 51.0 Å². The number of allylic oxidation sites excluding steroid dienone is 4. The van der Waals surface area contributed by atoms with E-state index in [2.05, 4.69) is 213 Å². The number of fused-ring (bicyclic) bond motifs is 12. The summed E-state index contributed by atoms with van der Waals surface area (Å²) >= 11 is 0. The molecule has 3 aliphatic carbocycles. The van der Waals surface area contributed by atoms with Crippen LogP contribution >= 0.6 is 0 Å². The van der Waals surface area contributed by atoms with Gasteiger partial charge in [0.15, 0.2) is 0 Å². The molecule has 0 saturated heterocycles. The van der Waals surface area contributed by atoms with Gasteiger partial charge in [-0.3, -0.25) is 0 Å². The van der Waals surface area contributed by atoms with E-state index in [0.717, 1.165) is 25.7 Å². The average molecular weight is 915 g/mol. The summed E-state index contributed by atoms with van der Waals surface area (Å²) in [4.78, 5) is 2.89. The summed E-state index contributed by atoms with van der Waals surface area (Å²) in [6, 6.07) is 48.7. The number of aromatic nitrogens is 1. The molecule has 7 aromatic rings. The van der Waals surface area contributed by atoms with E-state index >= 15 is 0 Å². The van der Waals surface area contributed by atoms with Gasteiger partial charge in [-0.2, -0.15) is 0 Å². The predicted molar refractivity (Wildman–Crippen MR) is 299 cm³/mol. The number of hydrogen-bond donors (Lipinski definition) is 0. The normalized spacial score (nSPS) is 22.1. The standard InChI is InChI=1S/C67H71BN2/c1-63(2,3)44-27-26-43(50(36-44)41-20-13-12-14-21-41)34-51-52-37-45(64(4,5)6)28-30-56(52)68-57-25-19-24-49-54-35-42-22-15-16-23-48(42)61(54)69(62(49)57)59-40-47(39-53(51)60(59)68)70-58-31-29-46(65(7,8)9)38-55(58)66(10)32-17-18-33-67(66,70)11/h12-16,19-25,28-31,36-40,51H,17-18,26-27,32-35H2,1-11H3. The lowest BCUT2D eigenvalue weighted by molar-refractivity contribution is 0.194. The average Bonchev–Trinajstić information content (AvgIpc) is 3.94. The summed E-state index contributed by atoms with van der Waals surface area (Å²) < 4.78 is 2.78. The summed E-state index contributed by atoms with van der Waals surface area (Å²) in [6.07, 6.45) is 11.7. The number of benzene rings is 6. The number of hydrogen-bond acceptors (Lipinski definition) is 1. The first kappa shape index (κ1) is 44.2. The predicted octanol–water partition coefficient (Wildman–Crippen LogP) is 15.4. The second-order valence-electron chi connectivity index (χ2n) is 25.9. The third-order valence-corrected chi connectivity index (χ3v) is 18.9. The lowest BCUT2D eigenvalue weighted by Gasteiger charge is -2.51. The van der Waals surface area contributed by atoms with Crippen molar-refractivity contribution in [3.63, 3.8) is 0 Å². The van der Waals surface area contributed by atoms with Crippen LogP contribution in [-0.2, 0) is 22.7 Å². The van der Waals surface area contributed by atoms with Crippen molar-refractivity contribution in [2.45, 2.75) is 155 Å². The van der Waals surface area contributed by atoms with E-state index in [-0.39, 0.29) is 39.8 Å². The molecule has 13 rings (SSSR count). The number of nitrogens with zero attached hydrogens (tertiary/aromatic N) is 2. The molecule has 70 heavy (non-hydrogen) atoms. The van der Waals surface area contributed by atoms with Crippen molar-refractivity contribution in [1.82, 2.24) is 4.57 Å². The van der Waals surface area contributed by atoms with Crippen LogP contribution in [0.15, 0.2) is 139 Å². The second kappa shape index (κ2) is 14.9. The topological polar surface area (TPSA) is 8.17 Å². The molecule has 0 spiro atoms. The van der Waals surface area contributed by atoms with E-state index in [0.29, 0.717) is 0 Å². The third-order valence-electron chi connectivity index (χ3n) is 18.9. The summed E-state index contributed by atoms with van der Waals surface area (Å²) in [6.45, 7) is 27.0. The Balaban J connectivity index is 1.14. The zero-order valence-electron chi connectivity index (χ0n) is 43.8. The Morgan fingerprint density at radius 3 is 2.14 bits per heavy atom.